The third kappa shape index (κ3) is 5.98. The highest BCUT2D eigenvalue weighted by Gasteiger charge is 2.32. The fourth-order valence-corrected chi connectivity index (χ4v) is 5.52. The van der Waals surface area contributed by atoms with Crippen LogP contribution in [0.2, 0.25) is 0 Å². The Hall–Kier alpha value is -4.27. The van der Waals surface area contributed by atoms with Crippen LogP contribution < -0.4 is 10.6 Å². The molecule has 0 bridgehead atoms. The van der Waals surface area contributed by atoms with Gasteiger partial charge in [0.05, 0.1) is 17.4 Å². The highest BCUT2D eigenvalue weighted by molar-refractivity contribution is 6.04. The largest absolute Gasteiger partial charge is 0.364 e. The normalized spacial score (nSPS) is 14.9. The summed E-state index contributed by atoms with van der Waals surface area (Å²) in [5, 5.41) is 14.3. The van der Waals surface area contributed by atoms with E-state index in [1.165, 1.54) is 6.26 Å². The van der Waals surface area contributed by atoms with Gasteiger partial charge in [-0.1, -0.05) is 42.9 Å². The number of ketones is 1. The summed E-state index contributed by atoms with van der Waals surface area (Å²) in [7, 11) is 0. The predicted molar refractivity (Wildman–Crippen MR) is 152 cm³/mol. The Labute approximate surface area is 233 Å². The summed E-state index contributed by atoms with van der Waals surface area (Å²) in [4.78, 5) is 31.5. The second kappa shape index (κ2) is 12.3. The van der Waals surface area contributed by atoms with E-state index in [1.807, 2.05) is 45.0 Å². The molecule has 1 fully saturated rings. The Morgan fingerprint density at radius 1 is 1.00 bits per heavy atom. The van der Waals surface area contributed by atoms with E-state index in [4.69, 9.17) is 9.05 Å². The molecule has 1 aliphatic carbocycles. The van der Waals surface area contributed by atoms with Crippen molar-refractivity contribution in [1.82, 2.24) is 20.6 Å². The summed E-state index contributed by atoms with van der Waals surface area (Å²) in [5.74, 6) is 1.12. The van der Waals surface area contributed by atoms with Crippen LogP contribution in [-0.2, 0) is 6.42 Å². The van der Waals surface area contributed by atoms with Crippen LogP contribution in [0.25, 0.3) is 11.1 Å². The van der Waals surface area contributed by atoms with Gasteiger partial charge in [0.25, 0.3) is 5.91 Å². The molecule has 0 spiro atoms. The van der Waals surface area contributed by atoms with Crippen molar-refractivity contribution >= 4 is 23.2 Å². The van der Waals surface area contributed by atoms with Crippen molar-refractivity contribution < 1.29 is 18.6 Å². The van der Waals surface area contributed by atoms with E-state index >= 15 is 0 Å². The summed E-state index contributed by atoms with van der Waals surface area (Å²) in [6, 6.07) is 10.6. The van der Waals surface area contributed by atoms with Crippen LogP contribution >= 0.6 is 0 Å². The van der Waals surface area contributed by atoms with Crippen molar-refractivity contribution in [3.63, 3.8) is 0 Å². The zero-order valence-corrected chi connectivity index (χ0v) is 23.2. The Balaban J connectivity index is 1.31. The fourth-order valence-electron chi connectivity index (χ4n) is 5.52. The van der Waals surface area contributed by atoms with Crippen LogP contribution in [-0.4, -0.2) is 33.0 Å². The maximum absolute atomic E-state index is 13.8. The number of nitrogens with zero attached hydrogens (tertiary/aromatic N) is 3. The van der Waals surface area contributed by atoms with E-state index in [2.05, 4.69) is 25.9 Å². The number of carbonyl (C=O) groups excluding carboxylic acids is 2. The van der Waals surface area contributed by atoms with Crippen LogP contribution in [0, 0.1) is 19.8 Å². The van der Waals surface area contributed by atoms with E-state index in [-0.39, 0.29) is 17.6 Å². The molecular weight excluding hydrogens is 506 g/mol. The van der Waals surface area contributed by atoms with Gasteiger partial charge < -0.3 is 19.7 Å². The Kier molecular flexibility index (Phi) is 8.38. The number of benzene rings is 1. The lowest BCUT2D eigenvalue weighted by Gasteiger charge is -2.26. The van der Waals surface area contributed by atoms with Crippen molar-refractivity contribution in [3.05, 3.63) is 77.1 Å². The van der Waals surface area contributed by atoms with Crippen molar-refractivity contribution in [2.75, 3.05) is 5.32 Å². The smallest absolute Gasteiger partial charge is 0.257 e. The van der Waals surface area contributed by atoms with Crippen molar-refractivity contribution in [2.45, 2.75) is 71.8 Å². The number of hydrogen-bond donors (Lipinski definition) is 2. The first-order valence-electron chi connectivity index (χ1n) is 14.0. The van der Waals surface area contributed by atoms with Crippen LogP contribution in [0.1, 0.15) is 83.3 Å². The maximum Gasteiger partial charge on any atom is 0.257 e. The lowest BCUT2D eigenvalue weighted by Crippen LogP contribution is -2.46. The molecule has 1 saturated carbocycles. The van der Waals surface area contributed by atoms with Crippen LogP contribution in [0.5, 0.6) is 0 Å². The quantitative estimate of drug-likeness (QED) is 0.179. The summed E-state index contributed by atoms with van der Waals surface area (Å²) in [5.41, 5.74) is 5.06. The lowest BCUT2D eigenvalue weighted by atomic mass is 9.86. The van der Waals surface area contributed by atoms with Gasteiger partial charge in [-0.05, 0) is 75.4 Å². The molecule has 0 unspecified atom stereocenters. The second-order valence-corrected chi connectivity index (χ2v) is 10.4. The average molecular weight is 542 g/mol. The molecule has 208 valence electrons. The number of rotatable bonds is 9. The number of anilines is 2. The first-order chi connectivity index (χ1) is 19.4. The standard InChI is InChI=1S/C31H35N5O4/c1-4-26-25(18-39-36-26)31(38)34-29(21-9-7-5-6-8-10-21)30(37)22-11-14-24(15-12-22)33-27-16-13-23(17-32-27)28-19(2)35-40-20(28)3/h11-18,21,29H,4-10H2,1-3H3,(H,32,33)(H,34,38)/t29-/m0/s1. The number of hydrogen-bond acceptors (Lipinski definition) is 8. The van der Waals surface area contributed by atoms with E-state index in [9.17, 15) is 9.59 Å². The van der Waals surface area contributed by atoms with Gasteiger partial charge in [-0.25, -0.2) is 4.98 Å². The highest BCUT2D eigenvalue weighted by atomic mass is 16.5. The molecule has 9 heteroatoms. The topological polar surface area (TPSA) is 123 Å². The zero-order valence-electron chi connectivity index (χ0n) is 23.2. The molecule has 1 amide bonds. The van der Waals surface area contributed by atoms with Gasteiger partial charge in [0.1, 0.15) is 23.4 Å². The van der Waals surface area contributed by atoms with E-state index in [1.54, 1.807) is 18.3 Å². The number of Topliss-reactive ketones (excluding diaryl/α,β-unsaturated/α-hetero) is 1. The fraction of sp³-hybridized carbons (Fsp3) is 0.387. The van der Waals surface area contributed by atoms with Crippen molar-refractivity contribution in [1.29, 1.82) is 0 Å². The molecular formula is C31H35N5O4. The molecule has 1 aliphatic rings. The minimum Gasteiger partial charge on any atom is -0.364 e. The van der Waals surface area contributed by atoms with Gasteiger partial charge in [-0.15, -0.1) is 0 Å². The first-order valence-corrected chi connectivity index (χ1v) is 14.0. The van der Waals surface area contributed by atoms with Crippen molar-refractivity contribution in [2.24, 2.45) is 5.92 Å². The second-order valence-electron chi connectivity index (χ2n) is 10.4. The van der Waals surface area contributed by atoms with Gasteiger partial charge in [0.2, 0.25) is 0 Å². The van der Waals surface area contributed by atoms with Gasteiger partial charge in [-0.2, -0.15) is 0 Å². The Morgan fingerprint density at radius 3 is 2.38 bits per heavy atom. The minimum absolute atomic E-state index is 0.0803. The van der Waals surface area contributed by atoms with Crippen LogP contribution in [0.3, 0.4) is 0 Å². The molecule has 40 heavy (non-hydrogen) atoms. The molecule has 0 saturated heterocycles. The lowest BCUT2D eigenvalue weighted by molar-refractivity contribution is 0.0813. The molecule has 1 aromatic carbocycles. The summed E-state index contributed by atoms with van der Waals surface area (Å²) >= 11 is 0. The molecule has 2 N–H and O–H groups in total. The molecule has 0 radical (unpaired) electrons. The van der Waals surface area contributed by atoms with Gasteiger partial charge in [-0.3, -0.25) is 9.59 Å². The van der Waals surface area contributed by atoms with Gasteiger partial charge in [0.15, 0.2) is 5.78 Å². The Morgan fingerprint density at radius 2 is 1.75 bits per heavy atom. The molecule has 0 aliphatic heterocycles. The number of aromatic nitrogens is 3. The van der Waals surface area contributed by atoms with Crippen LogP contribution in [0.4, 0.5) is 11.5 Å². The van der Waals surface area contributed by atoms with Crippen molar-refractivity contribution in [3.8, 4) is 11.1 Å². The number of aryl methyl sites for hydroxylation is 3. The molecule has 1 atom stereocenters. The van der Waals surface area contributed by atoms with E-state index < -0.39 is 6.04 Å². The number of carbonyl (C=O) groups is 2. The number of pyridine rings is 1. The van der Waals surface area contributed by atoms with Crippen LogP contribution in [0.15, 0.2) is 57.9 Å². The predicted octanol–water partition coefficient (Wildman–Crippen LogP) is 6.60. The zero-order chi connectivity index (χ0) is 28.1. The molecule has 3 aromatic heterocycles. The number of nitrogens with one attached hydrogen (secondary N) is 2. The SMILES string of the molecule is CCc1nocc1C(=O)N[C@H](C(=O)c1ccc(Nc2ccc(-c3c(C)noc3C)cn2)cc1)C1CCCCCC1. The third-order valence-corrected chi connectivity index (χ3v) is 7.69. The summed E-state index contributed by atoms with van der Waals surface area (Å²) in [6.07, 6.45) is 9.98. The highest BCUT2D eigenvalue weighted by Crippen LogP contribution is 2.29. The summed E-state index contributed by atoms with van der Waals surface area (Å²) in [6.45, 7) is 5.71. The molecule has 5 rings (SSSR count). The third-order valence-electron chi connectivity index (χ3n) is 7.69. The minimum atomic E-state index is -0.609. The monoisotopic (exact) mass is 541 g/mol. The van der Waals surface area contributed by atoms with E-state index in [0.29, 0.717) is 29.1 Å². The van der Waals surface area contributed by atoms with E-state index in [0.717, 1.165) is 66.8 Å². The maximum atomic E-state index is 13.8. The van der Waals surface area contributed by atoms with Gasteiger partial charge >= 0.3 is 0 Å². The molecule has 9 nitrogen and oxygen atoms in total. The summed E-state index contributed by atoms with van der Waals surface area (Å²) < 4.78 is 10.3. The number of amides is 1. The average Bonchev–Trinajstić information content (AvgIpc) is 3.48. The Bertz CT molecular complexity index is 1430. The molecule has 3 heterocycles. The van der Waals surface area contributed by atoms with Gasteiger partial charge in [0, 0.05) is 28.6 Å². The molecule has 4 aromatic rings. The first kappa shape index (κ1) is 27.3.